The van der Waals surface area contributed by atoms with Crippen LogP contribution in [-0.2, 0) is 0 Å². The Balaban J connectivity index is 1.33. The molecule has 0 saturated heterocycles. The quantitative estimate of drug-likeness (QED) is 0.0488. The van der Waals surface area contributed by atoms with Gasteiger partial charge in [0.15, 0.2) is 11.5 Å². The van der Waals surface area contributed by atoms with E-state index in [9.17, 15) is 14.9 Å². The predicted molar refractivity (Wildman–Crippen MR) is 166 cm³/mol. The topological polar surface area (TPSA) is 166 Å². The van der Waals surface area contributed by atoms with Crippen molar-refractivity contribution in [2.45, 2.75) is 6.92 Å². The summed E-state index contributed by atoms with van der Waals surface area (Å²) in [5.41, 5.74) is 4.87. The highest BCUT2D eigenvalue weighted by molar-refractivity contribution is 5.92. The van der Waals surface area contributed by atoms with Crippen LogP contribution in [0.15, 0.2) is 108 Å². The van der Waals surface area contributed by atoms with E-state index < -0.39 is 10.9 Å². The molecule has 220 valence electrons. The number of carbonyl (C=O) groups excluding carboxylic acids is 1. The molecule has 1 heterocycles. The Hall–Kier alpha value is -6.37. The van der Waals surface area contributed by atoms with Crippen molar-refractivity contribution in [3.05, 3.63) is 124 Å². The van der Waals surface area contributed by atoms with E-state index in [0.29, 0.717) is 29.8 Å². The second-order valence-electron chi connectivity index (χ2n) is 8.99. The highest BCUT2D eigenvalue weighted by atomic mass is 16.6. The van der Waals surface area contributed by atoms with Gasteiger partial charge in [-0.05, 0) is 61.0 Å². The van der Waals surface area contributed by atoms with Crippen LogP contribution in [0, 0.1) is 10.1 Å². The number of nitro benzene ring substituents is 1. The molecule has 0 bridgehead atoms. The molecule has 4 aromatic carbocycles. The maximum absolute atomic E-state index is 12.7. The molecule has 0 aliphatic heterocycles. The molecule has 1 aromatic heterocycles. The van der Waals surface area contributed by atoms with Crippen LogP contribution in [-0.4, -0.2) is 38.7 Å². The number of hydrogen-bond acceptors (Lipinski definition) is 12. The summed E-state index contributed by atoms with van der Waals surface area (Å²) in [4.78, 5) is 36.5. The Labute approximate surface area is 251 Å². The number of anilines is 5. The third kappa shape index (κ3) is 7.88. The lowest BCUT2D eigenvalue weighted by atomic mass is 10.2. The van der Waals surface area contributed by atoms with Crippen LogP contribution in [0.2, 0.25) is 0 Å². The van der Waals surface area contributed by atoms with Crippen molar-refractivity contribution in [3.63, 3.8) is 0 Å². The number of nitrogens with zero attached hydrogens (tertiary/aromatic N) is 5. The van der Waals surface area contributed by atoms with Gasteiger partial charge < -0.3 is 20.1 Å². The molecule has 0 saturated carbocycles. The minimum atomic E-state index is -0.757. The van der Waals surface area contributed by atoms with Crippen LogP contribution in [0.5, 0.6) is 11.5 Å². The van der Waals surface area contributed by atoms with E-state index >= 15 is 0 Å². The fourth-order valence-electron chi connectivity index (χ4n) is 3.87. The highest BCUT2D eigenvalue weighted by Gasteiger charge is 2.16. The van der Waals surface area contributed by atoms with Gasteiger partial charge in [0.05, 0.1) is 23.3 Å². The first kappa shape index (κ1) is 29.1. The average molecular weight is 591 g/mol. The molecule has 13 nitrogen and oxygen atoms in total. The van der Waals surface area contributed by atoms with Gasteiger partial charge in [0.2, 0.25) is 17.8 Å². The molecule has 5 aromatic rings. The molecule has 0 unspecified atom stereocenters. The van der Waals surface area contributed by atoms with Crippen molar-refractivity contribution < 1.29 is 19.2 Å². The zero-order valence-electron chi connectivity index (χ0n) is 23.4. The van der Waals surface area contributed by atoms with Gasteiger partial charge in [0.25, 0.3) is 5.69 Å². The van der Waals surface area contributed by atoms with Gasteiger partial charge in [-0.15, -0.1) is 0 Å². The number of nitrogens with one attached hydrogen (secondary N) is 3. The van der Waals surface area contributed by atoms with Crippen molar-refractivity contribution in [2.75, 3.05) is 22.7 Å². The number of hydrogen-bond donors (Lipinski definition) is 3. The highest BCUT2D eigenvalue weighted by Crippen LogP contribution is 2.29. The van der Waals surface area contributed by atoms with Crippen LogP contribution in [0.3, 0.4) is 0 Å². The number of hydrazone groups is 1. The van der Waals surface area contributed by atoms with E-state index in [1.807, 2.05) is 60.7 Å². The van der Waals surface area contributed by atoms with Gasteiger partial charge in [-0.25, -0.2) is 10.2 Å². The van der Waals surface area contributed by atoms with Crippen LogP contribution in [0.1, 0.15) is 22.8 Å². The van der Waals surface area contributed by atoms with Crippen molar-refractivity contribution >= 4 is 47.1 Å². The molecule has 0 aliphatic rings. The zero-order chi connectivity index (χ0) is 30.7. The number of ether oxygens (including phenoxy) is 2. The van der Waals surface area contributed by atoms with Crippen LogP contribution < -0.4 is 25.5 Å². The van der Waals surface area contributed by atoms with E-state index in [4.69, 9.17) is 9.47 Å². The Morgan fingerprint density at radius 1 is 0.818 bits per heavy atom. The molecule has 44 heavy (non-hydrogen) atoms. The van der Waals surface area contributed by atoms with Crippen LogP contribution in [0.25, 0.3) is 0 Å². The van der Waals surface area contributed by atoms with E-state index in [2.05, 4.69) is 36.1 Å². The fourth-order valence-corrected chi connectivity index (χ4v) is 3.87. The smallest absolute Gasteiger partial charge is 0.343 e. The third-order valence-corrected chi connectivity index (χ3v) is 5.84. The number of nitro groups is 1. The molecular formula is C31H26N8O5. The lowest BCUT2D eigenvalue weighted by Crippen LogP contribution is -2.10. The van der Waals surface area contributed by atoms with Crippen molar-refractivity contribution in [3.8, 4) is 11.5 Å². The summed E-state index contributed by atoms with van der Waals surface area (Å²) in [6.07, 6.45) is 1.52. The van der Waals surface area contributed by atoms with Gasteiger partial charge >= 0.3 is 5.97 Å². The molecule has 0 amide bonds. The molecule has 0 atom stereocenters. The number of para-hydroxylation sites is 2. The summed E-state index contributed by atoms with van der Waals surface area (Å²) in [7, 11) is 0. The largest absolute Gasteiger partial charge is 0.490 e. The van der Waals surface area contributed by atoms with Crippen molar-refractivity contribution in [1.29, 1.82) is 0 Å². The van der Waals surface area contributed by atoms with Gasteiger partial charge in [0, 0.05) is 23.5 Å². The lowest BCUT2D eigenvalue weighted by Gasteiger charge is -2.11. The van der Waals surface area contributed by atoms with Gasteiger partial charge in [0.1, 0.15) is 0 Å². The first-order chi connectivity index (χ1) is 21.5. The SMILES string of the molecule is CCOc1cc(/C=N/Nc2nc(Nc3ccccc3)nc(Nc3ccccc3)n2)ccc1OC(=O)c1cccc([N+](=O)[O-])c1. The monoisotopic (exact) mass is 590 g/mol. The first-order valence-corrected chi connectivity index (χ1v) is 13.4. The molecule has 5 rings (SSSR count). The second-order valence-corrected chi connectivity index (χ2v) is 8.99. The minimum Gasteiger partial charge on any atom is -0.490 e. The third-order valence-electron chi connectivity index (χ3n) is 5.84. The molecule has 13 heteroatoms. The van der Waals surface area contributed by atoms with Gasteiger partial charge in [-0.2, -0.15) is 20.1 Å². The Bertz CT molecular complexity index is 1730. The molecule has 0 radical (unpaired) electrons. The van der Waals surface area contributed by atoms with E-state index in [1.54, 1.807) is 25.1 Å². The number of esters is 1. The Morgan fingerprint density at radius 2 is 1.45 bits per heavy atom. The summed E-state index contributed by atoms with van der Waals surface area (Å²) in [6, 6.07) is 29.1. The molecule has 0 fully saturated rings. The average Bonchev–Trinajstić information content (AvgIpc) is 3.03. The zero-order valence-corrected chi connectivity index (χ0v) is 23.4. The Morgan fingerprint density at radius 3 is 2.07 bits per heavy atom. The fraction of sp³-hybridized carbons (Fsp3) is 0.0645. The minimum absolute atomic E-state index is 0.0380. The van der Waals surface area contributed by atoms with Crippen molar-refractivity contribution in [1.82, 2.24) is 15.0 Å². The van der Waals surface area contributed by atoms with E-state index in [0.717, 1.165) is 17.4 Å². The number of benzene rings is 4. The molecule has 3 N–H and O–H groups in total. The number of carbonyl (C=O) groups is 1. The van der Waals surface area contributed by atoms with Crippen LogP contribution >= 0.6 is 0 Å². The van der Waals surface area contributed by atoms with Gasteiger partial charge in [-0.1, -0.05) is 42.5 Å². The summed E-state index contributed by atoms with van der Waals surface area (Å²) >= 11 is 0. The molecular weight excluding hydrogens is 564 g/mol. The molecule has 0 spiro atoms. The normalized spacial score (nSPS) is 10.7. The number of aromatic nitrogens is 3. The second kappa shape index (κ2) is 14.0. The first-order valence-electron chi connectivity index (χ1n) is 13.4. The summed E-state index contributed by atoms with van der Waals surface area (Å²) in [6.45, 7) is 2.09. The summed E-state index contributed by atoms with van der Waals surface area (Å²) < 4.78 is 11.2. The Kier molecular flexibility index (Phi) is 9.27. The standard InChI is InChI=1S/C31H26N8O5/c1-2-43-27-18-21(16-17-26(27)44-28(40)22-10-9-15-25(19-22)39(41)42)20-32-38-31-36-29(33-23-11-5-3-6-12-23)35-30(37-31)34-24-13-7-4-8-14-24/h3-20H,2H2,1H3,(H3,33,34,35,36,37,38)/b32-20+. The van der Waals surface area contributed by atoms with Crippen LogP contribution in [0.4, 0.5) is 34.9 Å². The number of rotatable bonds is 12. The van der Waals surface area contributed by atoms with Crippen molar-refractivity contribution in [2.24, 2.45) is 5.10 Å². The summed E-state index contributed by atoms with van der Waals surface area (Å²) in [5, 5.41) is 21.6. The molecule has 0 aliphatic carbocycles. The van der Waals surface area contributed by atoms with E-state index in [1.165, 1.54) is 24.4 Å². The summed E-state index contributed by atoms with van der Waals surface area (Å²) in [5.74, 6) is 0.470. The predicted octanol–water partition coefficient (Wildman–Crippen LogP) is 6.33. The maximum Gasteiger partial charge on any atom is 0.343 e. The van der Waals surface area contributed by atoms with E-state index in [-0.39, 0.29) is 22.9 Å². The lowest BCUT2D eigenvalue weighted by molar-refractivity contribution is -0.384. The van der Waals surface area contributed by atoms with Gasteiger partial charge in [-0.3, -0.25) is 10.1 Å². The maximum atomic E-state index is 12.7. The number of non-ortho nitro benzene ring substituents is 1.